The second-order valence-electron chi connectivity index (χ2n) is 4.41. The van der Waals surface area contributed by atoms with Crippen molar-refractivity contribution < 1.29 is 9.72 Å². The zero-order valence-electron chi connectivity index (χ0n) is 11.1. The molecule has 20 heavy (non-hydrogen) atoms. The highest BCUT2D eigenvalue weighted by atomic mass is 32.2. The third kappa shape index (κ3) is 3.24. The lowest BCUT2D eigenvalue weighted by molar-refractivity contribution is -0.387. The molecule has 0 atom stereocenters. The summed E-state index contributed by atoms with van der Waals surface area (Å²) in [5, 5.41) is 11.1. The van der Waals surface area contributed by atoms with Crippen molar-refractivity contribution in [2.24, 2.45) is 0 Å². The Hall–Kier alpha value is -2.14. The average Bonchev–Trinajstić information content (AvgIpc) is 2.38. The summed E-state index contributed by atoms with van der Waals surface area (Å²) in [6.07, 6.45) is 0. The van der Waals surface area contributed by atoms with E-state index < -0.39 is 4.92 Å². The fourth-order valence-electron chi connectivity index (χ4n) is 1.77. The molecule has 0 aliphatic carbocycles. The summed E-state index contributed by atoms with van der Waals surface area (Å²) in [7, 11) is 0. The summed E-state index contributed by atoms with van der Waals surface area (Å²) in [6.45, 7) is 3.36. The number of carbonyl (C=O) groups is 1. The molecule has 0 spiro atoms. The first kappa shape index (κ1) is 14.3. The summed E-state index contributed by atoms with van der Waals surface area (Å²) in [4.78, 5) is 23.5. The molecule has 4 nitrogen and oxygen atoms in total. The predicted molar refractivity (Wildman–Crippen MR) is 78.4 cm³/mol. The smallest absolute Gasteiger partial charge is 0.283 e. The fourth-order valence-corrected chi connectivity index (χ4v) is 2.79. The van der Waals surface area contributed by atoms with Crippen LogP contribution in [0.15, 0.2) is 52.3 Å². The first-order valence-corrected chi connectivity index (χ1v) is 6.83. The maximum atomic E-state index is 11.3. The molecule has 0 saturated heterocycles. The van der Waals surface area contributed by atoms with E-state index >= 15 is 0 Å². The zero-order valence-corrected chi connectivity index (χ0v) is 11.9. The maximum absolute atomic E-state index is 11.3. The number of benzene rings is 2. The Morgan fingerprint density at radius 1 is 1.20 bits per heavy atom. The minimum Gasteiger partial charge on any atom is -0.295 e. The van der Waals surface area contributed by atoms with Crippen LogP contribution in [0.5, 0.6) is 0 Å². The molecular formula is C15H13NO3S. The van der Waals surface area contributed by atoms with Gasteiger partial charge in [0.15, 0.2) is 5.78 Å². The summed E-state index contributed by atoms with van der Waals surface area (Å²) in [6, 6.07) is 12.3. The van der Waals surface area contributed by atoms with Gasteiger partial charge in [-0.15, -0.1) is 0 Å². The molecule has 2 rings (SSSR count). The Bertz CT molecular complexity index is 683. The van der Waals surface area contributed by atoms with E-state index in [1.54, 1.807) is 12.1 Å². The van der Waals surface area contributed by atoms with Crippen LogP contribution in [0, 0.1) is 17.0 Å². The van der Waals surface area contributed by atoms with Crippen molar-refractivity contribution >= 4 is 23.2 Å². The number of Topliss-reactive ketones (excluding diaryl/α,β-unsaturated/α-hetero) is 1. The van der Waals surface area contributed by atoms with Crippen LogP contribution < -0.4 is 0 Å². The van der Waals surface area contributed by atoms with E-state index in [0.717, 1.165) is 10.5 Å². The quantitative estimate of drug-likeness (QED) is 0.479. The highest BCUT2D eigenvalue weighted by molar-refractivity contribution is 7.99. The number of hydrogen-bond donors (Lipinski definition) is 0. The fraction of sp³-hybridized carbons (Fsp3) is 0.133. The van der Waals surface area contributed by atoms with Crippen molar-refractivity contribution in [1.82, 2.24) is 0 Å². The van der Waals surface area contributed by atoms with Crippen molar-refractivity contribution in [3.05, 3.63) is 63.7 Å². The minimum absolute atomic E-state index is 0.0378. The van der Waals surface area contributed by atoms with Crippen LogP contribution in [0.3, 0.4) is 0 Å². The number of nitrogens with zero attached hydrogens (tertiary/aromatic N) is 1. The molecule has 0 radical (unpaired) electrons. The number of nitro benzene ring substituents is 1. The Morgan fingerprint density at radius 2 is 1.95 bits per heavy atom. The summed E-state index contributed by atoms with van der Waals surface area (Å²) < 4.78 is 0. The van der Waals surface area contributed by atoms with Crippen molar-refractivity contribution in [3.63, 3.8) is 0 Å². The van der Waals surface area contributed by atoms with E-state index in [0.29, 0.717) is 10.5 Å². The van der Waals surface area contributed by atoms with Crippen molar-refractivity contribution in [2.45, 2.75) is 23.6 Å². The molecule has 0 N–H and O–H groups in total. The maximum Gasteiger partial charge on any atom is 0.283 e. The molecule has 102 valence electrons. The first-order valence-electron chi connectivity index (χ1n) is 6.01. The van der Waals surface area contributed by atoms with Gasteiger partial charge in [0.1, 0.15) is 0 Å². The largest absolute Gasteiger partial charge is 0.295 e. The molecule has 0 heterocycles. The number of aryl methyl sites for hydroxylation is 1. The van der Waals surface area contributed by atoms with E-state index in [2.05, 4.69) is 0 Å². The number of ketones is 1. The van der Waals surface area contributed by atoms with Crippen LogP contribution in [-0.4, -0.2) is 10.7 Å². The van der Waals surface area contributed by atoms with Crippen molar-refractivity contribution in [3.8, 4) is 0 Å². The van der Waals surface area contributed by atoms with Crippen LogP contribution >= 0.6 is 11.8 Å². The molecule has 0 amide bonds. The summed E-state index contributed by atoms with van der Waals surface area (Å²) in [5.74, 6) is -0.180. The van der Waals surface area contributed by atoms with Gasteiger partial charge in [0, 0.05) is 16.5 Å². The molecule has 0 aromatic heterocycles. The van der Waals surface area contributed by atoms with Gasteiger partial charge >= 0.3 is 0 Å². The molecule has 0 aliphatic heterocycles. The SMILES string of the molecule is CC(=O)c1ccc(Sc2cccc(C)c2)c([N+](=O)[O-])c1. The molecule has 5 heteroatoms. The Balaban J connectivity index is 2.41. The second-order valence-corrected chi connectivity index (χ2v) is 5.53. The van der Waals surface area contributed by atoms with Gasteiger partial charge < -0.3 is 0 Å². The first-order chi connectivity index (χ1) is 9.47. The molecule has 0 aliphatic rings. The summed E-state index contributed by atoms with van der Waals surface area (Å²) in [5.41, 5.74) is 1.41. The molecule has 0 saturated carbocycles. The monoisotopic (exact) mass is 287 g/mol. The van der Waals surface area contributed by atoms with E-state index in [1.165, 1.54) is 24.8 Å². The molecule has 0 fully saturated rings. The summed E-state index contributed by atoms with van der Waals surface area (Å²) >= 11 is 1.32. The van der Waals surface area contributed by atoms with Crippen LogP contribution in [0.25, 0.3) is 0 Å². The number of rotatable bonds is 4. The zero-order chi connectivity index (χ0) is 14.7. The predicted octanol–water partition coefficient (Wildman–Crippen LogP) is 4.26. The van der Waals surface area contributed by atoms with Gasteiger partial charge in [-0.2, -0.15) is 0 Å². The third-order valence-electron chi connectivity index (χ3n) is 2.78. The standard InChI is InChI=1S/C15H13NO3S/c1-10-4-3-5-13(8-10)20-15-7-6-12(11(2)17)9-14(15)16(18)19/h3-9H,1-2H3. The van der Waals surface area contributed by atoms with Crippen molar-refractivity contribution in [2.75, 3.05) is 0 Å². The molecule has 2 aromatic carbocycles. The van der Waals surface area contributed by atoms with E-state index in [1.807, 2.05) is 31.2 Å². The van der Waals surface area contributed by atoms with E-state index in [-0.39, 0.29) is 11.5 Å². The lowest BCUT2D eigenvalue weighted by Gasteiger charge is -2.05. The minimum atomic E-state index is -0.454. The van der Waals surface area contributed by atoms with E-state index in [9.17, 15) is 14.9 Å². The molecular weight excluding hydrogens is 274 g/mol. The van der Waals surface area contributed by atoms with Gasteiger partial charge in [-0.1, -0.05) is 29.5 Å². The Labute approximate surface area is 121 Å². The van der Waals surface area contributed by atoms with Crippen LogP contribution in [-0.2, 0) is 0 Å². The lowest BCUT2D eigenvalue weighted by Crippen LogP contribution is -1.96. The van der Waals surface area contributed by atoms with Crippen LogP contribution in [0.1, 0.15) is 22.8 Å². The van der Waals surface area contributed by atoms with Gasteiger partial charge in [-0.25, -0.2) is 0 Å². The highest BCUT2D eigenvalue weighted by Crippen LogP contribution is 2.35. The molecule has 0 bridgehead atoms. The number of nitro groups is 1. The molecule has 0 unspecified atom stereocenters. The van der Waals surface area contributed by atoms with Gasteiger partial charge in [-0.3, -0.25) is 14.9 Å². The Morgan fingerprint density at radius 3 is 2.55 bits per heavy atom. The lowest BCUT2D eigenvalue weighted by atomic mass is 10.1. The Kier molecular flexibility index (Phi) is 4.20. The average molecular weight is 287 g/mol. The topological polar surface area (TPSA) is 60.2 Å². The van der Waals surface area contributed by atoms with E-state index in [4.69, 9.17) is 0 Å². The van der Waals surface area contributed by atoms with Crippen LogP contribution in [0.2, 0.25) is 0 Å². The number of carbonyl (C=O) groups excluding carboxylic acids is 1. The normalized spacial score (nSPS) is 10.3. The highest BCUT2D eigenvalue weighted by Gasteiger charge is 2.17. The second kappa shape index (κ2) is 5.88. The van der Waals surface area contributed by atoms with Crippen LogP contribution in [0.4, 0.5) is 5.69 Å². The van der Waals surface area contributed by atoms with Gasteiger partial charge in [0.05, 0.1) is 9.82 Å². The van der Waals surface area contributed by atoms with Gasteiger partial charge in [0.2, 0.25) is 0 Å². The molecule has 2 aromatic rings. The van der Waals surface area contributed by atoms with Gasteiger partial charge in [-0.05, 0) is 38.1 Å². The van der Waals surface area contributed by atoms with Crippen molar-refractivity contribution in [1.29, 1.82) is 0 Å². The van der Waals surface area contributed by atoms with Gasteiger partial charge in [0.25, 0.3) is 5.69 Å². The number of hydrogen-bond acceptors (Lipinski definition) is 4. The third-order valence-corrected chi connectivity index (χ3v) is 3.83.